The monoisotopic (exact) mass is 366 g/mol. The Morgan fingerprint density at radius 3 is 2.40 bits per heavy atom. The molecule has 2 amide bonds. The van der Waals surface area contributed by atoms with E-state index in [2.05, 4.69) is 33.6 Å². The van der Waals surface area contributed by atoms with E-state index >= 15 is 0 Å². The second kappa shape index (κ2) is 9.31. The topological polar surface area (TPSA) is 55.9 Å². The third-order valence-electron chi connectivity index (χ3n) is 4.84. The number of carbonyl (C=O) groups excluding carboxylic acids is 2. The van der Waals surface area contributed by atoms with E-state index in [-0.39, 0.29) is 12.1 Å². The number of hydrogen-bond acceptors (Lipinski definition) is 5. The fourth-order valence-corrected chi connectivity index (χ4v) is 4.27. The van der Waals surface area contributed by atoms with Crippen molar-refractivity contribution < 1.29 is 9.59 Å². The Hall–Kier alpha value is -1.44. The average Bonchev–Trinajstić information content (AvgIpc) is 3.11. The van der Waals surface area contributed by atoms with E-state index < -0.39 is 11.8 Å². The molecule has 2 rings (SSSR count). The number of carbonyl (C=O) groups is 2. The number of thiophene rings is 1. The molecule has 6 nitrogen and oxygen atoms in total. The summed E-state index contributed by atoms with van der Waals surface area (Å²) in [6.45, 7) is 10.8. The van der Waals surface area contributed by atoms with Gasteiger partial charge < -0.3 is 15.1 Å². The maximum Gasteiger partial charge on any atom is 0.311 e. The molecule has 25 heavy (non-hydrogen) atoms. The molecule has 2 atom stereocenters. The summed E-state index contributed by atoms with van der Waals surface area (Å²) in [5.74, 6) is -0.952. The summed E-state index contributed by atoms with van der Waals surface area (Å²) in [6, 6.07) is 4.12. The summed E-state index contributed by atoms with van der Waals surface area (Å²) in [4.78, 5) is 32.2. The van der Waals surface area contributed by atoms with Crippen molar-refractivity contribution in [3.8, 4) is 0 Å². The van der Waals surface area contributed by atoms with E-state index in [9.17, 15) is 9.59 Å². The van der Waals surface area contributed by atoms with Crippen LogP contribution in [0.5, 0.6) is 0 Å². The fourth-order valence-electron chi connectivity index (χ4n) is 3.30. The summed E-state index contributed by atoms with van der Waals surface area (Å²) < 4.78 is 0. The Labute approximate surface area is 154 Å². The zero-order valence-corrected chi connectivity index (χ0v) is 16.5. The molecule has 0 saturated carbocycles. The van der Waals surface area contributed by atoms with E-state index in [0.29, 0.717) is 13.1 Å². The normalized spacial score (nSPS) is 18.6. The van der Waals surface area contributed by atoms with Gasteiger partial charge in [-0.3, -0.25) is 14.5 Å². The third-order valence-corrected chi connectivity index (χ3v) is 5.79. The van der Waals surface area contributed by atoms with Gasteiger partial charge in [0.2, 0.25) is 0 Å². The highest BCUT2D eigenvalue weighted by Gasteiger charge is 2.31. The molecule has 1 aliphatic rings. The van der Waals surface area contributed by atoms with Gasteiger partial charge in [0.1, 0.15) is 0 Å². The van der Waals surface area contributed by atoms with Crippen molar-refractivity contribution in [1.82, 2.24) is 20.0 Å². The summed E-state index contributed by atoms with van der Waals surface area (Å²) >= 11 is 1.70. The van der Waals surface area contributed by atoms with Crippen LogP contribution in [0.2, 0.25) is 0 Å². The van der Waals surface area contributed by atoms with Gasteiger partial charge in [-0.05, 0) is 39.3 Å². The van der Waals surface area contributed by atoms with E-state index in [1.54, 1.807) is 16.2 Å². The quantitative estimate of drug-likeness (QED) is 0.774. The van der Waals surface area contributed by atoms with Crippen LogP contribution < -0.4 is 5.32 Å². The van der Waals surface area contributed by atoms with Crippen LogP contribution in [-0.2, 0) is 9.59 Å². The Balaban J connectivity index is 2.09. The first-order chi connectivity index (χ1) is 12.0. The molecule has 0 bridgehead atoms. The summed E-state index contributed by atoms with van der Waals surface area (Å²) in [6.07, 6.45) is 0. The Kier molecular flexibility index (Phi) is 7.40. The molecule has 0 spiro atoms. The summed E-state index contributed by atoms with van der Waals surface area (Å²) in [7, 11) is 2.13. The molecule has 0 radical (unpaired) electrons. The Bertz CT molecular complexity index is 551. The maximum absolute atomic E-state index is 12.4. The number of rotatable bonds is 6. The van der Waals surface area contributed by atoms with Crippen molar-refractivity contribution in [3.63, 3.8) is 0 Å². The van der Waals surface area contributed by atoms with Crippen LogP contribution in [-0.4, -0.2) is 78.9 Å². The molecular weight excluding hydrogens is 336 g/mol. The molecule has 1 aliphatic heterocycles. The zero-order chi connectivity index (χ0) is 18.4. The molecule has 1 saturated heterocycles. The summed E-state index contributed by atoms with van der Waals surface area (Å²) in [5, 5.41) is 5.01. The molecule has 0 unspecified atom stereocenters. The SMILES string of the molecule is CCN(CC)C(=O)C(=O)N[C@H](C)[C@H](c1cccs1)N1CCN(C)CC1. The highest BCUT2D eigenvalue weighted by Crippen LogP contribution is 2.29. The molecule has 0 aromatic carbocycles. The van der Waals surface area contributed by atoms with Crippen molar-refractivity contribution in [2.24, 2.45) is 0 Å². The first kappa shape index (κ1) is 19.9. The second-order valence-electron chi connectivity index (χ2n) is 6.54. The van der Waals surface area contributed by atoms with E-state index in [1.807, 2.05) is 26.8 Å². The van der Waals surface area contributed by atoms with Crippen molar-refractivity contribution in [1.29, 1.82) is 0 Å². The predicted molar refractivity (Wildman–Crippen MR) is 102 cm³/mol. The van der Waals surface area contributed by atoms with Crippen LogP contribution in [0, 0.1) is 0 Å². The molecule has 2 heterocycles. The largest absolute Gasteiger partial charge is 0.343 e. The van der Waals surface area contributed by atoms with E-state index in [0.717, 1.165) is 26.2 Å². The van der Waals surface area contributed by atoms with Gasteiger partial charge in [-0.15, -0.1) is 11.3 Å². The van der Waals surface area contributed by atoms with Gasteiger partial charge in [0, 0.05) is 50.2 Å². The Morgan fingerprint density at radius 2 is 1.88 bits per heavy atom. The fraction of sp³-hybridized carbons (Fsp3) is 0.667. The van der Waals surface area contributed by atoms with Gasteiger partial charge in [0.05, 0.1) is 6.04 Å². The van der Waals surface area contributed by atoms with Crippen LogP contribution in [0.15, 0.2) is 17.5 Å². The van der Waals surface area contributed by atoms with Crippen LogP contribution in [0.25, 0.3) is 0 Å². The number of piperazine rings is 1. The lowest BCUT2D eigenvalue weighted by molar-refractivity contribution is -0.146. The molecule has 140 valence electrons. The standard InChI is InChI=1S/C18H30N4O2S/c1-5-21(6-2)18(24)17(23)19-14(3)16(15-8-7-13-25-15)22-11-9-20(4)10-12-22/h7-8,13-14,16H,5-6,9-12H2,1-4H3,(H,19,23)/t14-,16-/m1/s1. The van der Waals surface area contributed by atoms with Crippen LogP contribution >= 0.6 is 11.3 Å². The second-order valence-corrected chi connectivity index (χ2v) is 7.52. The van der Waals surface area contributed by atoms with Crippen LogP contribution in [0.1, 0.15) is 31.7 Å². The maximum atomic E-state index is 12.4. The molecular formula is C18H30N4O2S. The highest BCUT2D eigenvalue weighted by molar-refractivity contribution is 7.10. The van der Waals surface area contributed by atoms with Gasteiger partial charge in [0.15, 0.2) is 0 Å². The van der Waals surface area contributed by atoms with Crippen LogP contribution in [0.4, 0.5) is 0 Å². The first-order valence-electron chi connectivity index (χ1n) is 9.03. The molecule has 1 N–H and O–H groups in total. The zero-order valence-electron chi connectivity index (χ0n) is 15.7. The van der Waals surface area contributed by atoms with E-state index in [4.69, 9.17) is 0 Å². The number of amides is 2. The Morgan fingerprint density at radius 1 is 1.24 bits per heavy atom. The molecule has 7 heteroatoms. The number of hydrogen-bond donors (Lipinski definition) is 1. The number of nitrogens with zero attached hydrogens (tertiary/aromatic N) is 3. The number of likely N-dealkylation sites (N-methyl/N-ethyl adjacent to an activating group) is 2. The lowest BCUT2D eigenvalue weighted by Crippen LogP contribution is -2.53. The number of nitrogens with one attached hydrogen (secondary N) is 1. The van der Waals surface area contributed by atoms with Gasteiger partial charge in [-0.25, -0.2) is 0 Å². The van der Waals surface area contributed by atoms with Crippen molar-refractivity contribution >= 4 is 23.2 Å². The van der Waals surface area contributed by atoms with Gasteiger partial charge in [0.25, 0.3) is 0 Å². The first-order valence-corrected chi connectivity index (χ1v) is 9.91. The minimum atomic E-state index is -0.508. The third kappa shape index (κ3) is 5.03. The van der Waals surface area contributed by atoms with Gasteiger partial charge >= 0.3 is 11.8 Å². The molecule has 1 aromatic heterocycles. The predicted octanol–water partition coefficient (Wildman–Crippen LogP) is 1.41. The minimum Gasteiger partial charge on any atom is -0.343 e. The van der Waals surface area contributed by atoms with Gasteiger partial charge in [-0.2, -0.15) is 0 Å². The minimum absolute atomic E-state index is 0.0992. The lowest BCUT2D eigenvalue weighted by atomic mass is 10.0. The van der Waals surface area contributed by atoms with Gasteiger partial charge in [-0.1, -0.05) is 6.07 Å². The van der Waals surface area contributed by atoms with Crippen molar-refractivity contribution in [3.05, 3.63) is 22.4 Å². The lowest BCUT2D eigenvalue weighted by Gasteiger charge is -2.40. The molecule has 1 fully saturated rings. The van der Waals surface area contributed by atoms with Crippen LogP contribution in [0.3, 0.4) is 0 Å². The van der Waals surface area contributed by atoms with Crippen molar-refractivity contribution in [2.45, 2.75) is 32.9 Å². The average molecular weight is 367 g/mol. The summed E-state index contributed by atoms with van der Waals surface area (Å²) in [5.41, 5.74) is 0. The highest BCUT2D eigenvalue weighted by atomic mass is 32.1. The molecule has 1 aromatic rings. The van der Waals surface area contributed by atoms with Crippen molar-refractivity contribution in [2.75, 3.05) is 46.3 Å². The smallest absolute Gasteiger partial charge is 0.311 e. The van der Waals surface area contributed by atoms with E-state index in [1.165, 1.54) is 4.88 Å². The molecule has 0 aliphatic carbocycles.